The van der Waals surface area contributed by atoms with E-state index in [0.717, 1.165) is 28.2 Å². The van der Waals surface area contributed by atoms with Crippen LogP contribution in [0.2, 0.25) is 0 Å². The van der Waals surface area contributed by atoms with Crippen molar-refractivity contribution in [3.05, 3.63) is 102 Å². The third-order valence-corrected chi connectivity index (χ3v) is 4.52. The van der Waals surface area contributed by atoms with Gasteiger partial charge in [-0.1, -0.05) is 42.5 Å². The summed E-state index contributed by atoms with van der Waals surface area (Å²) in [4.78, 5) is 4.78. The number of fused-ring (bicyclic) bond motifs is 1. The van der Waals surface area contributed by atoms with Crippen molar-refractivity contribution >= 4 is 23.2 Å². The first kappa shape index (κ1) is 17.2. The molecular weight excluding hydrogens is 342 g/mol. The highest BCUT2D eigenvalue weighted by Gasteiger charge is 2.18. The normalized spacial score (nSPS) is 16.4. The van der Waals surface area contributed by atoms with Crippen LogP contribution < -0.4 is 5.32 Å². The Morgan fingerprint density at radius 2 is 1.48 bits per heavy atom. The number of hydrogen-bond donors (Lipinski definition) is 1. The maximum Gasteiger partial charge on any atom is 0.123 e. The molecule has 0 aromatic heterocycles. The highest BCUT2D eigenvalue weighted by molar-refractivity contribution is 6.02. The lowest BCUT2D eigenvalue weighted by atomic mass is 10.0. The Morgan fingerprint density at radius 3 is 2.22 bits per heavy atom. The molecule has 134 valence electrons. The predicted molar refractivity (Wildman–Crippen MR) is 106 cm³/mol. The van der Waals surface area contributed by atoms with E-state index in [0.29, 0.717) is 6.42 Å². The number of rotatable bonds is 3. The van der Waals surface area contributed by atoms with E-state index in [1.54, 1.807) is 24.3 Å². The lowest BCUT2D eigenvalue weighted by Gasteiger charge is -2.18. The second kappa shape index (κ2) is 7.54. The molecule has 0 radical (unpaired) electrons. The van der Waals surface area contributed by atoms with Crippen molar-refractivity contribution in [2.75, 3.05) is 5.32 Å². The molecule has 1 unspecified atom stereocenters. The molecule has 1 aliphatic heterocycles. The summed E-state index contributed by atoms with van der Waals surface area (Å²) in [7, 11) is 0. The Labute approximate surface area is 156 Å². The van der Waals surface area contributed by atoms with E-state index >= 15 is 0 Å². The topological polar surface area (TPSA) is 24.4 Å². The molecular formula is C23H18F2N2. The number of nitrogens with zero attached hydrogens (tertiary/aromatic N) is 1. The first-order valence-electron chi connectivity index (χ1n) is 8.80. The summed E-state index contributed by atoms with van der Waals surface area (Å²) in [5.74, 6) is -0.508. The van der Waals surface area contributed by atoms with Crippen LogP contribution in [0.25, 0.3) is 6.08 Å². The van der Waals surface area contributed by atoms with Gasteiger partial charge in [-0.05, 0) is 53.6 Å². The molecule has 4 rings (SSSR count). The average molecular weight is 360 g/mol. The fraction of sp³-hybridized carbons (Fsp3) is 0.0870. The van der Waals surface area contributed by atoms with Gasteiger partial charge >= 0.3 is 0 Å². The zero-order valence-corrected chi connectivity index (χ0v) is 14.6. The first-order chi connectivity index (χ1) is 13.2. The van der Waals surface area contributed by atoms with Gasteiger partial charge in [0, 0.05) is 12.1 Å². The van der Waals surface area contributed by atoms with Crippen molar-refractivity contribution in [3.8, 4) is 0 Å². The number of allylic oxidation sites excluding steroid dienone is 1. The average Bonchev–Trinajstić information content (AvgIpc) is 2.87. The Bertz CT molecular complexity index is 990. The fourth-order valence-electron chi connectivity index (χ4n) is 3.11. The van der Waals surface area contributed by atoms with Gasteiger partial charge in [0.25, 0.3) is 0 Å². The van der Waals surface area contributed by atoms with E-state index in [4.69, 9.17) is 4.99 Å². The molecule has 0 spiro atoms. The monoisotopic (exact) mass is 360 g/mol. The Kier molecular flexibility index (Phi) is 4.79. The van der Waals surface area contributed by atoms with Crippen LogP contribution >= 0.6 is 0 Å². The second-order valence-corrected chi connectivity index (χ2v) is 6.46. The van der Waals surface area contributed by atoms with Gasteiger partial charge in [0.15, 0.2) is 0 Å². The summed E-state index contributed by atoms with van der Waals surface area (Å²) in [6.45, 7) is 0. The highest BCUT2D eigenvalue weighted by atomic mass is 19.1. The third kappa shape index (κ3) is 4.11. The molecule has 2 nitrogen and oxygen atoms in total. The van der Waals surface area contributed by atoms with Crippen LogP contribution in [-0.4, -0.2) is 5.71 Å². The molecule has 0 aliphatic carbocycles. The zero-order valence-electron chi connectivity index (χ0n) is 14.6. The van der Waals surface area contributed by atoms with Crippen LogP contribution in [0, 0.1) is 11.6 Å². The molecule has 0 saturated carbocycles. The highest BCUT2D eigenvalue weighted by Crippen LogP contribution is 2.34. The van der Waals surface area contributed by atoms with Crippen LogP contribution in [0.1, 0.15) is 23.6 Å². The summed E-state index contributed by atoms with van der Waals surface area (Å²) in [6.07, 6.45) is 4.53. The van der Waals surface area contributed by atoms with Crippen LogP contribution in [-0.2, 0) is 0 Å². The van der Waals surface area contributed by atoms with Gasteiger partial charge in [0.05, 0.1) is 17.4 Å². The maximum absolute atomic E-state index is 13.3. The van der Waals surface area contributed by atoms with Crippen LogP contribution in [0.5, 0.6) is 0 Å². The number of halogens is 2. The Hall–Kier alpha value is -3.27. The smallest absolute Gasteiger partial charge is 0.123 e. The number of hydrogen-bond acceptors (Lipinski definition) is 2. The fourth-order valence-corrected chi connectivity index (χ4v) is 3.11. The Morgan fingerprint density at radius 1 is 0.815 bits per heavy atom. The van der Waals surface area contributed by atoms with Gasteiger partial charge in [0.1, 0.15) is 11.6 Å². The number of anilines is 1. The second-order valence-electron chi connectivity index (χ2n) is 6.46. The minimum atomic E-state index is -0.256. The van der Waals surface area contributed by atoms with Crippen LogP contribution in [0.4, 0.5) is 20.2 Å². The van der Waals surface area contributed by atoms with Gasteiger partial charge in [-0.15, -0.1) is 0 Å². The van der Waals surface area contributed by atoms with Gasteiger partial charge in [-0.25, -0.2) is 8.78 Å². The Balaban J connectivity index is 1.67. The van der Waals surface area contributed by atoms with Crippen molar-refractivity contribution in [1.29, 1.82) is 0 Å². The molecule has 0 saturated heterocycles. The van der Waals surface area contributed by atoms with Crippen LogP contribution in [0.3, 0.4) is 0 Å². The largest absolute Gasteiger partial charge is 0.376 e. The lowest BCUT2D eigenvalue weighted by Crippen LogP contribution is -2.12. The van der Waals surface area contributed by atoms with Gasteiger partial charge in [0.2, 0.25) is 0 Å². The van der Waals surface area contributed by atoms with E-state index in [2.05, 4.69) is 5.32 Å². The molecule has 1 atom stereocenters. The molecule has 1 aliphatic rings. The number of nitrogens with one attached hydrogen (secondary N) is 1. The molecule has 3 aromatic carbocycles. The first-order valence-corrected chi connectivity index (χ1v) is 8.80. The summed E-state index contributed by atoms with van der Waals surface area (Å²) < 4.78 is 26.4. The van der Waals surface area contributed by atoms with Crippen molar-refractivity contribution < 1.29 is 8.78 Å². The molecule has 0 bridgehead atoms. The number of aliphatic imine (C=N–C) groups is 1. The number of para-hydroxylation sites is 2. The lowest BCUT2D eigenvalue weighted by molar-refractivity contribution is 0.626. The maximum atomic E-state index is 13.3. The summed E-state index contributed by atoms with van der Waals surface area (Å²) in [5.41, 5.74) is 4.60. The molecule has 4 heteroatoms. The molecule has 0 fully saturated rings. The van der Waals surface area contributed by atoms with Crippen molar-refractivity contribution in [2.24, 2.45) is 4.99 Å². The van der Waals surface area contributed by atoms with Crippen molar-refractivity contribution in [1.82, 2.24) is 0 Å². The standard InChI is InChI=1S/C23H18F2N2/c24-18-10-5-16(6-11-18)7-14-20-15-23(17-8-12-19(25)13-9-17)27-22-4-2-1-3-21(22)26-20/h1-14,23,27H,15H2. The minimum Gasteiger partial charge on any atom is -0.376 e. The van der Waals surface area contributed by atoms with Crippen molar-refractivity contribution in [3.63, 3.8) is 0 Å². The van der Waals surface area contributed by atoms with E-state index < -0.39 is 0 Å². The van der Waals surface area contributed by atoms with Gasteiger partial charge in [-0.3, -0.25) is 4.99 Å². The van der Waals surface area contributed by atoms with Crippen LogP contribution in [0.15, 0.2) is 83.9 Å². The minimum absolute atomic E-state index is 0.0223. The van der Waals surface area contributed by atoms with Crippen molar-refractivity contribution in [2.45, 2.75) is 12.5 Å². The third-order valence-electron chi connectivity index (χ3n) is 4.52. The number of benzene rings is 3. The van der Waals surface area contributed by atoms with Gasteiger partial charge < -0.3 is 5.32 Å². The summed E-state index contributed by atoms with van der Waals surface area (Å²) in [5, 5.41) is 3.51. The zero-order chi connectivity index (χ0) is 18.6. The molecule has 1 heterocycles. The molecule has 0 amide bonds. The summed E-state index contributed by atoms with van der Waals surface area (Å²) in [6, 6.07) is 20.7. The molecule has 1 N–H and O–H groups in total. The van der Waals surface area contributed by atoms with E-state index in [9.17, 15) is 8.78 Å². The quantitative estimate of drug-likeness (QED) is 0.582. The summed E-state index contributed by atoms with van der Waals surface area (Å²) >= 11 is 0. The van der Waals surface area contributed by atoms with E-state index in [1.807, 2.05) is 36.4 Å². The molecule has 27 heavy (non-hydrogen) atoms. The van der Waals surface area contributed by atoms with Gasteiger partial charge in [-0.2, -0.15) is 0 Å². The SMILES string of the molecule is Fc1ccc(C=CC2=Nc3ccccc3NC(c3ccc(F)cc3)C2)cc1. The van der Waals surface area contributed by atoms with E-state index in [1.165, 1.54) is 24.3 Å². The van der Waals surface area contributed by atoms with E-state index in [-0.39, 0.29) is 17.7 Å². The predicted octanol–water partition coefficient (Wildman–Crippen LogP) is 6.31. The molecule has 3 aromatic rings.